The Morgan fingerprint density at radius 3 is 2.89 bits per heavy atom. The Balaban J connectivity index is 1.44. The molecule has 1 fully saturated rings. The normalized spacial score (nSPS) is 17.3. The molecule has 140 valence electrons. The largest absolute Gasteiger partial charge is 0.298 e. The second-order valence-electron chi connectivity index (χ2n) is 6.61. The Kier molecular flexibility index (Phi) is 5.38. The summed E-state index contributed by atoms with van der Waals surface area (Å²) in [5, 5.41) is 9.87. The van der Waals surface area contributed by atoms with E-state index in [-0.39, 0.29) is 11.9 Å². The zero-order valence-electron chi connectivity index (χ0n) is 14.9. The Bertz CT molecular complexity index is 936. The molecule has 1 N–H and O–H groups in total. The Labute approximate surface area is 170 Å². The van der Waals surface area contributed by atoms with E-state index in [1.54, 1.807) is 12.1 Å². The highest BCUT2D eigenvalue weighted by Crippen LogP contribution is 2.34. The van der Waals surface area contributed by atoms with E-state index < -0.39 is 0 Å². The molecule has 8 heteroatoms. The van der Waals surface area contributed by atoms with Crippen LogP contribution in [0.5, 0.6) is 0 Å². The number of carbonyl (C=O) groups is 1. The zero-order chi connectivity index (χ0) is 18.8. The van der Waals surface area contributed by atoms with Crippen molar-refractivity contribution in [2.75, 3.05) is 11.9 Å². The van der Waals surface area contributed by atoms with E-state index in [0.29, 0.717) is 10.7 Å². The van der Waals surface area contributed by atoms with Gasteiger partial charge < -0.3 is 0 Å². The number of likely N-dealkylation sites (tertiary alicyclic amines) is 1. The first-order chi connectivity index (χ1) is 13.1. The monoisotopic (exact) mass is 445 g/mol. The highest BCUT2D eigenvalue weighted by Gasteiger charge is 2.28. The van der Waals surface area contributed by atoms with E-state index in [9.17, 15) is 4.79 Å². The molecule has 0 radical (unpaired) electrons. The minimum absolute atomic E-state index is 0.137. The fraction of sp³-hybridized carbons (Fsp3) is 0.316. The fourth-order valence-electron chi connectivity index (χ4n) is 3.38. The number of nitrogens with one attached hydrogen (secondary N) is 1. The predicted molar refractivity (Wildman–Crippen MR) is 110 cm³/mol. The zero-order valence-corrected chi connectivity index (χ0v) is 17.3. The molecule has 2 aromatic heterocycles. The Hall–Kier alpha value is -2.03. The molecule has 1 amide bonds. The maximum atomic E-state index is 12.4. The van der Waals surface area contributed by atoms with Crippen LogP contribution >= 0.6 is 27.3 Å². The molecule has 1 unspecified atom stereocenters. The van der Waals surface area contributed by atoms with Crippen LogP contribution < -0.4 is 5.32 Å². The number of hydrogen-bond acceptors (Lipinski definition) is 5. The van der Waals surface area contributed by atoms with Gasteiger partial charge >= 0.3 is 0 Å². The summed E-state index contributed by atoms with van der Waals surface area (Å²) in [5.41, 5.74) is 2.85. The Morgan fingerprint density at radius 2 is 2.15 bits per heavy atom. The van der Waals surface area contributed by atoms with Crippen LogP contribution in [0.4, 0.5) is 5.13 Å². The number of halogens is 1. The molecule has 27 heavy (non-hydrogen) atoms. The second-order valence-corrected chi connectivity index (χ2v) is 8.39. The first-order valence-corrected chi connectivity index (χ1v) is 10.5. The standard InChI is InChI=1S/C19H20BrN5OS/c1-24-15(8-9-21-24)11-25-10-2-3-17(25)16-12-27-19(22-16)23-18(26)13-4-6-14(20)7-5-13/h4-9,12,17H,2-3,10-11H2,1H3,(H,22,23,26). The van der Waals surface area contributed by atoms with Gasteiger partial charge in [-0.1, -0.05) is 15.9 Å². The van der Waals surface area contributed by atoms with Crippen molar-refractivity contribution in [3.8, 4) is 0 Å². The van der Waals surface area contributed by atoms with Gasteiger partial charge in [-0.3, -0.25) is 19.7 Å². The molecule has 0 spiro atoms. The van der Waals surface area contributed by atoms with Gasteiger partial charge in [0.2, 0.25) is 0 Å². The average Bonchev–Trinajstić information content (AvgIpc) is 3.38. The van der Waals surface area contributed by atoms with E-state index in [0.717, 1.165) is 36.1 Å². The summed E-state index contributed by atoms with van der Waals surface area (Å²) in [6, 6.07) is 9.64. The highest BCUT2D eigenvalue weighted by molar-refractivity contribution is 9.10. The van der Waals surface area contributed by atoms with Gasteiger partial charge in [0.05, 0.1) is 17.4 Å². The third-order valence-corrected chi connectivity index (χ3v) is 6.15. The number of thiazole rings is 1. The smallest absolute Gasteiger partial charge is 0.257 e. The number of anilines is 1. The van der Waals surface area contributed by atoms with Crippen LogP contribution in [0, 0.1) is 0 Å². The quantitative estimate of drug-likeness (QED) is 0.637. The third kappa shape index (κ3) is 4.12. The van der Waals surface area contributed by atoms with E-state index >= 15 is 0 Å². The lowest BCUT2D eigenvalue weighted by molar-refractivity contribution is 0.102. The van der Waals surface area contributed by atoms with Crippen LogP contribution in [0.2, 0.25) is 0 Å². The van der Waals surface area contributed by atoms with Crippen LogP contribution in [0.3, 0.4) is 0 Å². The maximum Gasteiger partial charge on any atom is 0.257 e. The number of aromatic nitrogens is 3. The number of aryl methyl sites for hydroxylation is 1. The van der Waals surface area contributed by atoms with Gasteiger partial charge in [0.1, 0.15) is 0 Å². The van der Waals surface area contributed by atoms with E-state index in [4.69, 9.17) is 4.98 Å². The summed E-state index contributed by atoms with van der Waals surface area (Å²) in [5.74, 6) is -0.137. The van der Waals surface area contributed by atoms with Gasteiger partial charge in [0.25, 0.3) is 5.91 Å². The van der Waals surface area contributed by atoms with Crippen molar-refractivity contribution in [1.29, 1.82) is 0 Å². The van der Waals surface area contributed by atoms with Crippen molar-refractivity contribution < 1.29 is 4.79 Å². The summed E-state index contributed by atoms with van der Waals surface area (Å²) in [6.07, 6.45) is 4.07. The highest BCUT2D eigenvalue weighted by atomic mass is 79.9. The van der Waals surface area contributed by atoms with Gasteiger partial charge in [-0.2, -0.15) is 5.10 Å². The molecule has 0 bridgehead atoms. The van der Waals surface area contributed by atoms with Crippen LogP contribution in [-0.4, -0.2) is 32.1 Å². The molecule has 0 saturated carbocycles. The number of benzene rings is 1. The topological polar surface area (TPSA) is 63.1 Å². The molecule has 1 aliphatic rings. The fourth-order valence-corrected chi connectivity index (χ4v) is 4.40. The first-order valence-electron chi connectivity index (χ1n) is 8.83. The Morgan fingerprint density at radius 1 is 1.33 bits per heavy atom. The van der Waals surface area contributed by atoms with E-state index in [1.807, 2.05) is 30.1 Å². The SMILES string of the molecule is Cn1nccc1CN1CCCC1c1csc(NC(=O)c2ccc(Br)cc2)n1. The second kappa shape index (κ2) is 7.92. The van der Waals surface area contributed by atoms with Crippen LogP contribution in [0.15, 0.2) is 46.4 Å². The molecule has 3 aromatic rings. The molecule has 1 atom stereocenters. The van der Waals surface area contributed by atoms with Crippen LogP contribution in [-0.2, 0) is 13.6 Å². The summed E-state index contributed by atoms with van der Waals surface area (Å²) in [7, 11) is 1.97. The lowest BCUT2D eigenvalue weighted by Crippen LogP contribution is -2.24. The van der Waals surface area contributed by atoms with Crippen molar-refractivity contribution in [1.82, 2.24) is 19.7 Å². The van der Waals surface area contributed by atoms with Gasteiger partial charge in [0.15, 0.2) is 5.13 Å². The molecule has 1 aromatic carbocycles. The molecule has 3 heterocycles. The summed E-state index contributed by atoms with van der Waals surface area (Å²) >= 11 is 4.86. The lowest BCUT2D eigenvalue weighted by atomic mass is 10.1. The minimum Gasteiger partial charge on any atom is -0.298 e. The number of amides is 1. The van der Waals surface area contributed by atoms with Crippen LogP contribution in [0.1, 0.15) is 40.6 Å². The molecule has 1 saturated heterocycles. The number of carbonyl (C=O) groups excluding carboxylic acids is 1. The van der Waals surface area contributed by atoms with Crippen molar-refractivity contribution in [3.63, 3.8) is 0 Å². The average molecular weight is 446 g/mol. The minimum atomic E-state index is -0.137. The maximum absolute atomic E-state index is 12.4. The van der Waals surface area contributed by atoms with E-state index in [1.165, 1.54) is 17.0 Å². The third-order valence-electron chi connectivity index (χ3n) is 4.84. The molecule has 1 aliphatic heterocycles. The molecule has 6 nitrogen and oxygen atoms in total. The number of nitrogens with zero attached hydrogens (tertiary/aromatic N) is 4. The van der Waals surface area contributed by atoms with Gasteiger partial charge in [-0.15, -0.1) is 11.3 Å². The van der Waals surface area contributed by atoms with Crippen molar-refractivity contribution in [2.24, 2.45) is 7.05 Å². The summed E-state index contributed by atoms with van der Waals surface area (Å²) in [4.78, 5) is 19.5. The molecule has 4 rings (SSSR count). The predicted octanol–water partition coefficient (Wildman–Crippen LogP) is 4.23. The molecular formula is C19H20BrN5OS. The van der Waals surface area contributed by atoms with Gasteiger partial charge in [-0.05, 0) is 49.7 Å². The van der Waals surface area contributed by atoms with Gasteiger partial charge in [-0.25, -0.2) is 4.98 Å². The van der Waals surface area contributed by atoms with Crippen molar-refractivity contribution in [2.45, 2.75) is 25.4 Å². The number of hydrogen-bond donors (Lipinski definition) is 1. The summed E-state index contributed by atoms with van der Waals surface area (Å²) < 4.78 is 2.87. The van der Waals surface area contributed by atoms with E-state index in [2.05, 4.69) is 42.7 Å². The molecular weight excluding hydrogens is 426 g/mol. The van der Waals surface area contributed by atoms with Crippen LogP contribution in [0.25, 0.3) is 0 Å². The van der Waals surface area contributed by atoms with Crippen molar-refractivity contribution in [3.05, 3.63) is 63.3 Å². The lowest BCUT2D eigenvalue weighted by Gasteiger charge is -2.22. The van der Waals surface area contributed by atoms with Crippen molar-refractivity contribution >= 4 is 38.3 Å². The molecule has 0 aliphatic carbocycles. The first kappa shape index (κ1) is 18.3. The number of rotatable bonds is 5. The summed E-state index contributed by atoms with van der Waals surface area (Å²) in [6.45, 7) is 1.91. The van der Waals surface area contributed by atoms with Gasteiger partial charge in [0, 0.05) is 35.2 Å².